The zero-order valence-electron chi connectivity index (χ0n) is 17.6. The van der Waals surface area contributed by atoms with Crippen LogP contribution in [0.15, 0.2) is 58.5 Å². The molecule has 0 radical (unpaired) electrons. The van der Waals surface area contributed by atoms with Gasteiger partial charge in [-0.2, -0.15) is 0 Å². The largest absolute Gasteiger partial charge is 0.462 e. The standard InChI is InChI=1S/C23H22FN3O4S/c1-3-31-22(30)16-6-10-18(11-7-16)26-20(28)12-19-14(2)25-23(27-21(19)29)32-13-15-4-8-17(24)9-5-15/h4-11H,3,12-13H2,1-2H3,(H,26,28)(H,25,27,29). The molecule has 3 aromatic rings. The summed E-state index contributed by atoms with van der Waals surface area (Å²) in [6.45, 7) is 3.68. The van der Waals surface area contributed by atoms with E-state index in [9.17, 15) is 18.8 Å². The van der Waals surface area contributed by atoms with Gasteiger partial charge in [0.2, 0.25) is 5.91 Å². The molecule has 32 heavy (non-hydrogen) atoms. The van der Waals surface area contributed by atoms with E-state index in [1.165, 1.54) is 23.9 Å². The Hall–Kier alpha value is -3.46. The molecule has 0 saturated heterocycles. The first-order chi connectivity index (χ1) is 15.4. The Bertz CT molecular complexity index is 1160. The second kappa shape index (κ2) is 10.7. The number of aromatic nitrogens is 2. The number of aromatic amines is 1. The monoisotopic (exact) mass is 455 g/mol. The van der Waals surface area contributed by atoms with Gasteiger partial charge in [0.05, 0.1) is 18.6 Å². The minimum absolute atomic E-state index is 0.142. The van der Waals surface area contributed by atoms with Crippen LogP contribution in [-0.2, 0) is 21.7 Å². The molecule has 1 amide bonds. The summed E-state index contributed by atoms with van der Waals surface area (Å²) in [4.78, 5) is 43.7. The van der Waals surface area contributed by atoms with E-state index in [1.54, 1.807) is 50.2 Å². The van der Waals surface area contributed by atoms with Crippen molar-refractivity contribution in [3.63, 3.8) is 0 Å². The van der Waals surface area contributed by atoms with E-state index in [0.717, 1.165) is 5.56 Å². The minimum Gasteiger partial charge on any atom is -0.462 e. The van der Waals surface area contributed by atoms with Gasteiger partial charge in [-0.15, -0.1) is 0 Å². The molecule has 0 fully saturated rings. The summed E-state index contributed by atoms with van der Waals surface area (Å²) in [7, 11) is 0. The molecule has 7 nitrogen and oxygen atoms in total. The summed E-state index contributed by atoms with van der Waals surface area (Å²) in [5, 5.41) is 3.13. The summed E-state index contributed by atoms with van der Waals surface area (Å²) >= 11 is 1.32. The van der Waals surface area contributed by atoms with Gasteiger partial charge in [0.1, 0.15) is 5.82 Å². The number of nitrogens with one attached hydrogen (secondary N) is 2. The fourth-order valence-electron chi connectivity index (χ4n) is 2.86. The Balaban J connectivity index is 1.61. The first kappa shape index (κ1) is 23.2. The summed E-state index contributed by atoms with van der Waals surface area (Å²) in [6.07, 6.45) is -0.142. The second-order valence-electron chi connectivity index (χ2n) is 6.87. The molecule has 3 rings (SSSR count). The molecule has 0 atom stereocenters. The maximum Gasteiger partial charge on any atom is 0.338 e. The van der Waals surface area contributed by atoms with Crippen molar-refractivity contribution >= 4 is 29.3 Å². The van der Waals surface area contributed by atoms with Crippen molar-refractivity contribution in [3.05, 3.63) is 87.1 Å². The number of anilines is 1. The Morgan fingerprint density at radius 2 is 1.81 bits per heavy atom. The van der Waals surface area contributed by atoms with Gasteiger partial charge < -0.3 is 15.0 Å². The molecule has 0 aliphatic heterocycles. The van der Waals surface area contributed by atoms with Crippen molar-refractivity contribution in [2.75, 3.05) is 11.9 Å². The molecule has 2 N–H and O–H groups in total. The number of H-pyrrole nitrogens is 1. The summed E-state index contributed by atoms with van der Waals surface area (Å²) < 4.78 is 17.9. The third-order valence-electron chi connectivity index (χ3n) is 4.51. The van der Waals surface area contributed by atoms with Crippen molar-refractivity contribution in [2.45, 2.75) is 31.2 Å². The number of carbonyl (C=O) groups is 2. The van der Waals surface area contributed by atoms with Crippen LogP contribution < -0.4 is 10.9 Å². The normalized spacial score (nSPS) is 10.6. The highest BCUT2D eigenvalue weighted by Gasteiger charge is 2.14. The van der Waals surface area contributed by atoms with Crippen LogP contribution in [0.5, 0.6) is 0 Å². The highest BCUT2D eigenvalue weighted by Crippen LogP contribution is 2.19. The number of amides is 1. The van der Waals surface area contributed by atoms with Gasteiger partial charge in [-0.3, -0.25) is 9.59 Å². The number of esters is 1. The SMILES string of the molecule is CCOC(=O)c1ccc(NC(=O)Cc2c(C)nc(SCc3ccc(F)cc3)[nH]c2=O)cc1. The molecule has 0 spiro atoms. The van der Waals surface area contributed by atoms with E-state index in [2.05, 4.69) is 15.3 Å². The van der Waals surface area contributed by atoms with Gasteiger partial charge in [-0.05, 0) is 55.8 Å². The number of hydrogen-bond acceptors (Lipinski definition) is 6. The van der Waals surface area contributed by atoms with E-state index in [-0.39, 0.29) is 35.9 Å². The quantitative estimate of drug-likeness (QED) is 0.304. The van der Waals surface area contributed by atoms with Crippen LogP contribution in [0.25, 0.3) is 0 Å². The number of halogens is 1. The maximum atomic E-state index is 13.0. The highest BCUT2D eigenvalue weighted by molar-refractivity contribution is 7.98. The van der Waals surface area contributed by atoms with Gasteiger partial charge in [0.15, 0.2) is 5.16 Å². The number of carbonyl (C=O) groups excluding carboxylic acids is 2. The van der Waals surface area contributed by atoms with Crippen molar-refractivity contribution in [1.82, 2.24) is 9.97 Å². The smallest absolute Gasteiger partial charge is 0.338 e. The molecular formula is C23H22FN3O4S. The number of benzene rings is 2. The Labute approximate surface area is 188 Å². The van der Waals surface area contributed by atoms with E-state index >= 15 is 0 Å². The fraction of sp³-hybridized carbons (Fsp3) is 0.217. The van der Waals surface area contributed by atoms with Crippen LogP contribution in [0.1, 0.15) is 34.1 Å². The molecular weight excluding hydrogens is 433 g/mol. The molecule has 1 heterocycles. The predicted molar refractivity (Wildman–Crippen MR) is 120 cm³/mol. The van der Waals surface area contributed by atoms with Gasteiger partial charge in [0.25, 0.3) is 5.56 Å². The zero-order chi connectivity index (χ0) is 23.1. The number of thioether (sulfide) groups is 1. The molecule has 0 unspecified atom stereocenters. The van der Waals surface area contributed by atoms with Gasteiger partial charge in [-0.25, -0.2) is 14.2 Å². The number of aryl methyl sites for hydroxylation is 1. The summed E-state index contributed by atoms with van der Waals surface area (Å²) in [5.41, 5.74) is 2.13. The number of rotatable bonds is 8. The third kappa shape index (κ3) is 6.27. The van der Waals surface area contributed by atoms with E-state index in [4.69, 9.17) is 4.74 Å². The Kier molecular flexibility index (Phi) is 7.77. The lowest BCUT2D eigenvalue weighted by molar-refractivity contribution is -0.115. The average molecular weight is 456 g/mol. The van der Waals surface area contributed by atoms with Crippen molar-refractivity contribution in [3.8, 4) is 0 Å². The van der Waals surface area contributed by atoms with E-state index < -0.39 is 5.97 Å². The molecule has 0 saturated carbocycles. The van der Waals surface area contributed by atoms with Crippen LogP contribution in [0.4, 0.5) is 10.1 Å². The maximum absolute atomic E-state index is 13.0. The van der Waals surface area contributed by atoms with Crippen LogP contribution in [0.3, 0.4) is 0 Å². The van der Waals surface area contributed by atoms with Crippen LogP contribution >= 0.6 is 11.8 Å². The number of hydrogen-bond donors (Lipinski definition) is 2. The van der Waals surface area contributed by atoms with Gasteiger partial charge >= 0.3 is 5.97 Å². The van der Waals surface area contributed by atoms with Crippen LogP contribution in [-0.4, -0.2) is 28.5 Å². The van der Waals surface area contributed by atoms with Crippen molar-refractivity contribution in [1.29, 1.82) is 0 Å². The lowest BCUT2D eigenvalue weighted by Crippen LogP contribution is -2.23. The Morgan fingerprint density at radius 1 is 1.12 bits per heavy atom. The van der Waals surface area contributed by atoms with E-state index in [1.807, 2.05) is 0 Å². The molecule has 0 aliphatic carbocycles. The fourth-order valence-corrected chi connectivity index (χ4v) is 3.73. The summed E-state index contributed by atoms with van der Waals surface area (Å²) in [5.74, 6) is -0.602. The van der Waals surface area contributed by atoms with Gasteiger partial charge in [-0.1, -0.05) is 23.9 Å². The molecule has 2 aromatic carbocycles. The highest BCUT2D eigenvalue weighted by atomic mass is 32.2. The summed E-state index contributed by atoms with van der Waals surface area (Å²) in [6, 6.07) is 12.4. The predicted octanol–water partition coefficient (Wildman–Crippen LogP) is 3.87. The molecule has 166 valence electrons. The van der Waals surface area contributed by atoms with Crippen molar-refractivity contribution in [2.24, 2.45) is 0 Å². The minimum atomic E-state index is -0.434. The lowest BCUT2D eigenvalue weighted by Gasteiger charge is -2.09. The number of ether oxygens (including phenoxy) is 1. The zero-order valence-corrected chi connectivity index (χ0v) is 18.4. The van der Waals surface area contributed by atoms with Gasteiger partial charge in [0, 0.05) is 22.7 Å². The van der Waals surface area contributed by atoms with Crippen LogP contribution in [0, 0.1) is 12.7 Å². The first-order valence-electron chi connectivity index (χ1n) is 9.89. The lowest BCUT2D eigenvalue weighted by atomic mass is 10.1. The van der Waals surface area contributed by atoms with Crippen molar-refractivity contribution < 1.29 is 18.7 Å². The topological polar surface area (TPSA) is 101 Å². The molecule has 0 bridgehead atoms. The Morgan fingerprint density at radius 3 is 2.44 bits per heavy atom. The first-order valence-corrected chi connectivity index (χ1v) is 10.9. The molecule has 9 heteroatoms. The van der Waals surface area contributed by atoms with Crippen LogP contribution in [0.2, 0.25) is 0 Å². The third-order valence-corrected chi connectivity index (χ3v) is 5.45. The molecule has 1 aromatic heterocycles. The second-order valence-corrected chi connectivity index (χ2v) is 7.84. The molecule has 0 aliphatic rings. The average Bonchev–Trinajstić information content (AvgIpc) is 2.76. The number of nitrogens with zero attached hydrogens (tertiary/aromatic N) is 1. The van der Waals surface area contributed by atoms with E-state index in [0.29, 0.717) is 27.9 Å².